The summed E-state index contributed by atoms with van der Waals surface area (Å²) in [6.45, 7) is 4.20. The van der Waals surface area contributed by atoms with Crippen LogP contribution < -0.4 is 4.90 Å². The minimum absolute atomic E-state index is 0.0946. The second-order valence-corrected chi connectivity index (χ2v) is 6.38. The Hall–Kier alpha value is -1.44. The van der Waals surface area contributed by atoms with Crippen molar-refractivity contribution in [2.75, 3.05) is 13.1 Å². The lowest BCUT2D eigenvalue weighted by Crippen LogP contribution is -3.16. The highest BCUT2D eigenvalue weighted by atomic mass is 32.1. The normalized spacial score (nSPS) is 25.1. The van der Waals surface area contributed by atoms with Crippen LogP contribution in [0.2, 0.25) is 0 Å². The van der Waals surface area contributed by atoms with Gasteiger partial charge in [-0.25, -0.2) is 4.98 Å². The molecule has 0 bridgehead atoms. The maximum atomic E-state index is 9.07. The molecule has 1 N–H and O–H groups in total. The first-order valence-electron chi connectivity index (χ1n) is 6.87. The quantitative estimate of drug-likeness (QED) is 0.908. The van der Waals surface area contributed by atoms with Crippen LogP contribution in [-0.4, -0.2) is 24.1 Å². The minimum Gasteiger partial charge on any atom is -0.320 e. The molecule has 3 atom stereocenters. The van der Waals surface area contributed by atoms with Crippen LogP contribution >= 0.6 is 11.3 Å². The number of rotatable bonds is 2. The van der Waals surface area contributed by atoms with Crippen LogP contribution in [0.25, 0.3) is 10.2 Å². The number of thiazole rings is 1. The molecule has 0 aliphatic carbocycles. The molecule has 4 heteroatoms. The van der Waals surface area contributed by atoms with E-state index in [4.69, 9.17) is 10.2 Å². The van der Waals surface area contributed by atoms with E-state index in [1.165, 1.54) is 27.4 Å². The van der Waals surface area contributed by atoms with Crippen molar-refractivity contribution in [2.45, 2.75) is 31.7 Å². The molecule has 98 valence electrons. The van der Waals surface area contributed by atoms with Crippen molar-refractivity contribution in [1.82, 2.24) is 4.98 Å². The predicted octanol–water partition coefficient (Wildman–Crippen LogP) is 1.97. The highest BCUT2D eigenvalue weighted by molar-refractivity contribution is 7.18. The van der Waals surface area contributed by atoms with Crippen LogP contribution in [0.1, 0.15) is 30.7 Å². The number of benzene rings is 1. The lowest BCUT2D eigenvalue weighted by Gasteiger charge is -2.30. The molecule has 1 saturated heterocycles. The molecule has 1 fully saturated rings. The summed E-state index contributed by atoms with van der Waals surface area (Å²) in [5.41, 5.74) is 1.11. The number of piperidine rings is 1. The molecule has 0 spiro atoms. The first kappa shape index (κ1) is 12.6. The molecule has 2 aromatic rings. The van der Waals surface area contributed by atoms with Gasteiger partial charge < -0.3 is 4.90 Å². The van der Waals surface area contributed by atoms with Crippen LogP contribution in [0.15, 0.2) is 24.3 Å². The SMILES string of the molecule is C[C@H](C#N)[NH+]1CCC[C@H](c2nc3ccccc3s2)C1. The molecule has 2 heterocycles. The molecule has 1 aliphatic heterocycles. The molecule has 19 heavy (non-hydrogen) atoms. The molecular formula is C15H18N3S+. The molecular weight excluding hydrogens is 254 g/mol. The zero-order valence-electron chi connectivity index (χ0n) is 11.1. The van der Waals surface area contributed by atoms with Crippen LogP contribution in [-0.2, 0) is 0 Å². The Balaban J connectivity index is 1.83. The number of fused-ring (bicyclic) bond motifs is 1. The second-order valence-electron chi connectivity index (χ2n) is 5.32. The van der Waals surface area contributed by atoms with E-state index in [2.05, 4.69) is 24.3 Å². The first-order chi connectivity index (χ1) is 9.28. The summed E-state index contributed by atoms with van der Waals surface area (Å²) in [4.78, 5) is 6.19. The third-order valence-corrected chi connectivity index (χ3v) is 5.22. The van der Waals surface area contributed by atoms with E-state index < -0.39 is 0 Å². The molecule has 0 saturated carbocycles. The summed E-state index contributed by atoms with van der Waals surface area (Å²) in [6, 6.07) is 10.8. The molecule has 0 radical (unpaired) electrons. The topological polar surface area (TPSA) is 41.1 Å². The van der Waals surface area contributed by atoms with Gasteiger partial charge in [-0.15, -0.1) is 11.3 Å². The van der Waals surface area contributed by atoms with Crippen molar-refractivity contribution in [3.63, 3.8) is 0 Å². The largest absolute Gasteiger partial charge is 0.320 e. The number of nitrogens with one attached hydrogen (secondary N) is 1. The predicted molar refractivity (Wildman–Crippen MR) is 77.4 cm³/mol. The number of hydrogen-bond acceptors (Lipinski definition) is 3. The fourth-order valence-electron chi connectivity index (χ4n) is 2.86. The summed E-state index contributed by atoms with van der Waals surface area (Å²) in [6.07, 6.45) is 2.41. The van der Waals surface area contributed by atoms with E-state index in [-0.39, 0.29) is 6.04 Å². The molecule has 1 aliphatic rings. The summed E-state index contributed by atoms with van der Waals surface area (Å²) >= 11 is 1.82. The fraction of sp³-hybridized carbons (Fsp3) is 0.467. The van der Waals surface area contributed by atoms with Gasteiger partial charge in [0.15, 0.2) is 6.04 Å². The second kappa shape index (κ2) is 5.28. The van der Waals surface area contributed by atoms with Crippen molar-refractivity contribution in [3.8, 4) is 6.07 Å². The van der Waals surface area contributed by atoms with Gasteiger partial charge in [-0.05, 0) is 25.0 Å². The fourth-order valence-corrected chi connectivity index (χ4v) is 3.96. The molecule has 3 rings (SSSR count). The Morgan fingerprint density at radius 3 is 3.11 bits per heavy atom. The number of nitrogens with zero attached hydrogens (tertiary/aromatic N) is 2. The summed E-state index contributed by atoms with van der Waals surface area (Å²) in [5, 5.41) is 10.3. The van der Waals surface area contributed by atoms with Gasteiger partial charge in [0.25, 0.3) is 0 Å². The summed E-state index contributed by atoms with van der Waals surface area (Å²) < 4.78 is 1.28. The standard InChI is InChI=1S/C15H17N3S/c1-11(9-16)18-8-4-5-12(10-18)15-17-13-6-2-3-7-14(13)19-15/h2-3,6-7,11-12H,4-5,8,10H2,1H3/p+1/t11-,12+/m1/s1. The lowest BCUT2D eigenvalue weighted by molar-refractivity contribution is -0.921. The average molecular weight is 272 g/mol. The van der Waals surface area contributed by atoms with E-state index in [9.17, 15) is 0 Å². The highest BCUT2D eigenvalue weighted by Gasteiger charge is 2.29. The summed E-state index contributed by atoms with van der Waals surface area (Å²) in [7, 11) is 0. The van der Waals surface area contributed by atoms with Crippen molar-refractivity contribution in [3.05, 3.63) is 29.3 Å². The van der Waals surface area contributed by atoms with Crippen LogP contribution in [0.3, 0.4) is 0 Å². The molecule has 1 aromatic carbocycles. The summed E-state index contributed by atoms with van der Waals surface area (Å²) in [5.74, 6) is 0.525. The third-order valence-electron chi connectivity index (χ3n) is 4.02. The maximum Gasteiger partial charge on any atom is 0.172 e. The Bertz CT molecular complexity index is 580. The van der Waals surface area contributed by atoms with E-state index in [0.717, 1.165) is 18.6 Å². The van der Waals surface area contributed by atoms with Crippen molar-refractivity contribution in [2.24, 2.45) is 0 Å². The first-order valence-corrected chi connectivity index (χ1v) is 7.69. The van der Waals surface area contributed by atoms with Crippen LogP contribution in [0, 0.1) is 11.3 Å². The van der Waals surface area contributed by atoms with Gasteiger partial charge in [0.05, 0.1) is 29.2 Å². The number of aromatic nitrogens is 1. The van der Waals surface area contributed by atoms with Gasteiger partial charge in [-0.2, -0.15) is 5.26 Å². The van der Waals surface area contributed by atoms with E-state index >= 15 is 0 Å². The Morgan fingerprint density at radius 2 is 2.32 bits per heavy atom. The Kier molecular flexibility index (Phi) is 3.50. The Morgan fingerprint density at radius 1 is 1.47 bits per heavy atom. The van der Waals surface area contributed by atoms with Gasteiger partial charge >= 0.3 is 0 Å². The molecule has 1 unspecified atom stereocenters. The van der Waals surface area contributed by atoms with E-state index in [1.807, 2.05) is 24.3 Å². The number of likely N-dealkylation sites (tertiary alicyclic amines) is 1. The smallest absolute Gasteiger partial charge is 0.172 e. The van der Waals surface area contributed by atoms with Crippen molar-refractivity contribution in [1.29, 1.82) is 5.26 Å². The van der Waals surface area contributed by atoms with Crippen LogP contribution in [0.5, 0.6) is 0 Å². The van der Waals surface area contributed by atoms with Gasteiger partial charge in [-0.1, -0.05) is 12.1 Å². The van der Waals surface area contributed by atoms with Gasteiger partial charge in [0, 0.05) is 6.92 Å². The van der Waals surface area contributed by atoms with Crippen LogP contribution in [0.4, 0.5) is 0 Å². The van der Waals surface area contributed by atoms with Gasteiger partial charge in [-0.3, -0.25) is 0 Å². The van der Waals surface area contributed by atoms with Crippen molar-refractivity contribution < 1.29 is 4.90 Å². The zero-order chi connectivity index (χ0) is 13.2. The Labute approximate surface area is 117 Å². The average Bonchev–Trinajstić information content (AvgIpc) is 2.90. The minimum atomic E-state index is 0.0946. The molecule has 1 aromatic heterocycles. The molecule has 0 amide bonds. The highest BCUT2D eigenvalue weighted by Crippen LogP contribution is 2.30. The van der Waals surface area contributed by atoms with Crippen molar-refractivity contribution >= 4 is 21.6 Å². The monoisotopic (exact) mass is 272 g/mol. The molecule has 3 nitrogen and oxygen atoms in total. The number of hydrogen-bond donors (Lipinski definition) is 1. The van der Waals surface area contributed by atoms with E-state index in [0.29, 0.717) is 5.92 Å². The van der Waals surface area contributed by atoms with Gasteiger partial charge in [0.2, 0.25) is 0 Å². The zero-order valence-corrected chi connectivity index (χ0v) is 11.9. The number of para-hydroxylation sites is 1. The number of quaternary nitrogens is 1. The van der Waals surface area contributed by atoms with Gasteiger partial charge in [0.1, 0.15) is 11.1 Å². The number of nitriles is 1. The maximum absolute atomic E-state index is 9.07. The third kappa shape index (κ3) is 2.49. The lowest BCUT2D eigenvalue weighted by atomic mass is 9.97. The van der Waals surface area contributed by atoms with E-state index in [1.54, 1.807) is 0 Å².